The number of methoxy groups -OCH3 is 1. The number of nitrogens with zero attached hydrogens (tertiary/aromatic N) is 3. The maximum Gasteiger partial charge on any atom is 0.242 e. The van der Waals surface area contributed by atoms with Crippen LogP contribution in [0.25, 0.3) is 11.0 Å². The van der Waals surface area contributed by atoms with Crippen molar-refractivity contribution < 1.29 is 17.9 Å². The Morgan fingerprint density at radius 2 is 2.08 bits per heavy atom. The molecule has 1 N–H and O–H groups in total. The molecule has 1 aromatic carbocycles. The van der Waals surface area contributed by atoms with Gasteiger partial charge in [0, 0.05) is 47.1 Å². The van der Waals surface area contributed by atoms with Gasteiger partial charge in [0.15, 0.2) is 0 Å². The van der Waals surface area contributed by atoms with Gasteiger partial charge in [-0.3, -0.25) is 4.79 Å². The first-order valence-corrected chi connectivity index (χ1v) is 9.92. The molecule has 0 aliphatic carbocycles. The molecule has 0 spiro atoms. The van der Waals surface area contributed by atoms with Gasteiger partial charge in [-0.15, -0.1) is 0 Å². The number of aryl methyl sites for hydroxylation is 2. The number of hydrogen-bond acceptors (Lipinski definition) is 5. The van der Waals surface area contributed by atoms with Crippen molar-refractivity contribution in [2.75, 3.05) is 34.4 Å². The van der Waals surface area contributed by atoms with Crippen LogP contribution >= 0.6 is 0 Å². The molecule has 2 aromatic rings. The Labute approximate surface area is 154 Å². The lowest BCUT2D eigenvalue weighted by Crippen LogP contribution is -2.27. The van der Waals surface area contributed by atoms with Crippen LogP contribution in [-0.4, -0.2) is 62.5 Å². The van der Waals surface area contributed by atoms with Crippen LogP contribution in [0.2, 0.25) is 0 Å². The monoisotopic (exact) mass is 382 g/mol. The Morgan fingerprint density at radius 1 is 1.35 bits per heavy atom. The minimum atomic E-state index is -3.51. The molecule has 1 aromatic heterocycles. The van der Waals surface area contributed by atoms with Crippen molar-refractivity contribution in [1.29, 1.82) is 0 Å². The van der Waals surface area contributed by atoms with E-state index in [1.807, 2.05) is 11.5 Å². The molecular weight excluding hydrogens is 356 g/mol. The summed E-state index contributed by atoms with van der Waals surface area (Å²) in [5, 5.41) is 2.78. The van der Waals surface area contributed by atoms with Crippen LogP contribution < -0.4 is 5.32 Å². The first-order chi connectivity index (χ1) is 12.3. The topological polar surface area (TPSA) is 93.5 Å². The average molecular weight is 382 g/mol. The zero-order valence-corrected chi connectivity index (χ0v) is 16.5. The number of fused-ring (bicyclic) bond motifs is 1. The quantitative estimate of drug-likeness (QED) is 0.653. The third-order valence-electron chi connectivity index (χ3n) is 4.10. The maximum atomic E-state index is 12.3. The number of benzene rings is 1. The summed E-state index contributed by atoms with van der Waals surface area (Å²) < 4.78 is 32.7. The predicted molar refractivity (Wildman–Crippen MR) is 99.5 cm³/mol. The molecule has 0 aliphatic heterocycles. The molecule has 0 aliphatic rings. The second-order valence-electron chi connectivity index (χ2n) is 6.05. The molecule has 8 nitrogen and oxygen atoms in total. The lowest BCUT2D eigenvalue weighted by molar-refractivity contribution is -0.121. The summed E-state index contributed by atoms with van der Waals surface area (Å²) in [6.45, 7) is 3.64. The zero-order chi connectivity index (χ0) is 19.3. The fraction of sp³-hybridized carbons (Fsp3) is 0.529. The molecule has 0 bridgehead atoms. The molecular formula is C17H26N4O4S. The highest BCUT2D eigenvalue weighted by atomic mass is 32.2. The molecule has 1 heterocycles. The summed E-state index contributed by atoms with van der Waals surface area (Å²) in [5.41, 5.74) is 1.48. The van der Waals surface area contributed by atoms with E-state index in [1.165, 1.54) is 18.4 Å². The van der Waals surface area contributed by atoms with Crippen LogP contribution in [0.4, 0.5) is 0 Å². The summed E-state index contributed by atoms with van der Waals surface area (Å²) in [6.07, 6.45) is 0.799. The van der Waals surface area contributed by atoms with Crippen molar-refractivity contribution in [3.05, 3.63) is 24.0 Å². The fourth-order valence-electron chi connectivity index (χ4n) is 2.68. The van der Waals surface area contributed by atoms with Crippen molar-refractivity contribution in [3.63, 3.8) is 0 Å². The summed E-state index contributed by atoms with van der Waals surface area (Å²) in [4.78, 5) is 16.6. The fourth-order valence-corrected chi connectivity index (χ4v) is 3.60. The Balaban J connectivity index is 2.24. The van der Waals surface area contributed by atoms with Gasteiger partial charge in [0.05, 0.1) is 22.5 Å². The molecule has 0 saturated heterocycles. The SMILES string of the molecule is CCn1c(CCC(=O)NCCOC)nc2cc(S(=O)(=O)N(C)C)ccc21. The number of carbonyl (C=O) groups is 1. The Bertz CT molecular complexity index is 874. The van der Waals surface area contributed by atoms with Crippen LogP contribution in [0.1, 0.15) is 19.2 Å². The third kappa shape index (κ3) is 4.40. The number of amides is 1. The van der Waals surface area contributed by atoms with Crippen LogP contribution in [0.3, 0.4) is 0 Å². The summed E-state index contributed by atoms with van der Waals surface area (Å²) >= 11 is 0. The van der Waals surface area contributed by atoms with E-state index in [9.17, 15) is 13.2 Å². The van der Waals surface area contributed by atoms with Crippen LogP contribution in [0.5, 0.6) is 0 Å². The number of nitrogens with one attached hydrogen (secondary N) is 1. The Kier molecular flexibility index (Phi) is 6.74. The highest BCUT2D eigenvalue weighted by Crippen LogP contribution is 2.22. The average Bonchev–Trinajstić information content (AvgIpc) is 2.96. The van der Waals surface area contributed by atoms with E-state index in [0.717, 1.165) is 11.3 Å². The van der Waals surface area contributed by atoms with Crippen molar-refractivity contribution in [1.82, 2.24) is 19.2 Å². The van der Waals surface area contributed by atoms with Crippen molar-refractivity contribution >= 4 is 27.0 Å². The van der Waals surface area contributed by atoms with E-state index in [-0.39, 0.29) is 10.8 Å². The number of aromatic nitrogens is 2. The van der Waals surface area contributed by atoms with Gasteiger partial charge in [-0.2, -0.15) is 0 Å². The molecule has 9 heteroatoms. The largest absolute Gasteiger partial charge is 0.383 e. The van der Waals surface area contributed by atoms with Gasteiger partial charge in [0.1, 0.15) is 5.82 Å². The highest BCUT2D eigenvalue weighted by Gasteiger charge is 2.19. The predicted octanol–water partition coefficient (Wildman–Crippen LogP) is 1.00. The number of hydrogen-bond donors (Lipinski definition) is 1. The lowest BCUT2D eigenvalue weighted by atomic mass is 10.2. The second kappa shape index (κ2) is 8.61. The van der Waals surface area contributed by atoms with Gasteiger partial charge in [0.25, 0.3) is 0 Å². The number of carbonyl (C=O) groups excluding carboxylic acids is 1. The lowest BCUT2D eigenvalue weighted by Gasteiger charge is -2.11. The normalized spacial score (nSPS) is 12.0. The standard InChI is InChI=1S/C17H26N4O4S/c1-5-21-15-7-6-13(26(23,24)20(2)3)12-14(15)19-16(21)8-9-17(22)18-10-11-25-4/h6-7,12H,5,8-11H2,1-4H3,(H,18,22). The number of rotatable bonds is 9. The molecule has 2 rings (SSSR count). The number of ether oxygens (including phenoxy) is 1. The van der Waals surface area contributed by atoms with Crippen LogP contribution in [0, 0.1) is 0 Å². The van der Waals surface area contributed by atoms with E-state index in [1.54, 1.807) is 25.3 Å². The minimum absolute atomic E-state index is 0.0624. The zero-order valence-electron chi connectivity index (χ0n) is 15.7. The van der Waals surface area contributed by atoms with E-state index in [2.05, 4.69) is 10.3 Å². The second-order valence-corrected chi connectivity index (χ2v) is 8.20. The first-order valence-electron chi connectivity index (χ1n) is 8.48. The minimum Gasteiger partial charge on any atom is -0.383 e. The van der Waals surface area contributed by atoms with E-state index in [0.29, 0.717) is 38.1 Å². The van der Waals surface area contributed by atoms with Gasteiger partial charge < -0.3 is 14.6 Å². The molecule has 0 radical (unpaired) electrons. The van der Waals surface area contributed by atoms with Gasteiger partial charge in [0.2, 0.25) is 15.9 Å². The van der Waals surface area contributed by atoms with Crippen molar-refractivity contribution in [3.8, 4) is 0 Å². The molecule has 0 fully saturated rings. The Morgan fingerprint density at radius 3 is 2.69 bits per heavy atom. The van der Waals surface area contributed by atoms with Gasteiger partial charge in [-0.25, -0.2) is 17.7 Å². The van der Waals surface area contributed by atoms with E-state index >= 15 is 0 Å². The molecule has 0 unspecified atom stereocenters. The summed E-state index contributed by atoms with van der Waals surface area (Å²) in [7, 11) is 1.07. The molecule has 0 saturated carbocycles. The molecule has 1 amide bonds. The third-order valence-corrected chi connectivity index (χ3v) is 5.91. The first kappa shape index (κ1) is 20.3. The maximum absolute atomic E-state index is 12.3. The van der Waals surface area contributed by atoms with E-state index in [4.69, 9.17) is 4.74 Å². The van der Waals surface area contributed by atoms with Gasteiger partial charge in [-0.1, -0.05) is 0 Å². The molecule has 144 valence electrons. The Hall–Kier alpha value is -1.97. The van der Waals surface area contributed by atoms with Crippen molar-refractivity contribution in [2.45, 2.75) is 31.2 Å². The highest BCUT2D eigenvalue weighted by molar-refractivity contribution is 7.89. The number of imidazole rings is 1. The summed E-state index contributed by atoms with van der Waals surface area (Å²) in [6, 6.07) is 4.94. The molecule has 26 heavy (non-hydrogen) atoms. The van der Waals surface area contributed by atoms with Crippen LogP contribution in [0.15, 0.2) is 23.1 Å². The summed E-state index contributed by atoms with van der Waals surface area (Å²) in [5.74, 6) is 0.705. The smallest absolute Gasteiger partial charge is 0.242 e. The van der Waals surface area contributed by atoms with Crippen LogP contribution in [-0.2, 0) is 32.5 Å². The molecule has 0 atom stereocenters. The number of sulfonamides is 1. The van der Waals surface area contributed by atoms with Gasteiger partial charge in [-0.05, 0) is 25.1 Å². The van der Waals surface area contributed by atoms with E-state index < -0.39 is 10.0 Å². The van der Waals surface area contributed by atoms with Crippen molar-refractivity contribution in [2.24, 2.45) is 0 Å². The van der Waals surface area contributed by atoms with Gasteiger partial charge >= 0.3 is 0 Å².